The Hall–Kier alpha value is -2.05. The lowest BCUT2D eigenvalue weighted by Gasteiger charge is -2.30. The number of nitrogens with zero attached hydrogens (tertiary/aromatic N) is 2. The molecule has 0 amide bonds. The van der Waals surface area contributed by atoms with Gasteiger partial charge in [0.05, 0.1) is 12.7 Å². The molecule has 2 unspecified atom stereocenters. The van der Waals surface area contributed by atoms with Gasteiger partial charge in [0.1, 0.15) is 11.6 Å². The second-order valence-electron chi connectivity index (χ2n) is 5.35. The monoisotopic (exact) mass is 330 g/mol. The van der Waals surface area contributed by atoms with Crippen LogP contribution in [-0.2, 0) is 4.74 Å². The standard InChI is InChI=1S/C17H18N2O3S/c1-11-8-12(17(21)22-2)5-6-14(11)19-15(20)10-23-16(19)13-4-3-7-18-9-13/h3-9,15-16,20H,10H2,1-2H3. The lowest BCUT2D eigenvalue weighted by molar-refractivity contribution is 0.0600. The number of hydrogen-bond acceptors (Lipinski definition) is 6. The van der Waals surface area contributed by atoms with Crippen LogP contribution in [0.25, 0.3) is 0 Å². The number of hydrogen-bond donors (Lipinski definition) is 1. The second kappa shape index (κ2) is 6.60. The summed E-state index contributed by atoms with van der Waals surface area (Å²) in [5.74, 6) is 0.261. The number of esters is 1. The molecule has 0 aliphatic carbocycles. The van der Waals surface area contributed by atoms with E-state index in [0.29, 0.717) is 11.3 Å². The van der Waals surface area contributed by atoms with Crippen molar-refractivity contribution in [3.8, 4) is 0 Å². The third kappa shape index (κ3) is 3.04. The molecule has 0 spiro atoms. The van der Waals surface area contributed by atoms with Crippen molar-refractivity contribution in [2.45, 2.75) is 18.5 Å². The topological polar surface area (TPSA) is 62.7 Å². The van der Waals surface area contributed by atoms with Crippen LogP contribution in [0.3, 0.4) is 0 Å². The molecule has 2 atom stereocenters. The van der Waals surface area contributed by atoms with E-state index in [0.717, 1.165) is 16.8 Å². The average Bonchev–Trinajstić information content (AvgIpc) is 2.96. The fraction of sp³-hybridized carbons (Fsp3) is 0.294. The number of carbonyl (C=O) groups is 1. The number of aromatic nitrogens is 1. The van der Waals surface area contributed by atoms with Crippen molar-refractivity contribution in [3.63, 3.8) is 0 Å². The summed E-state index contributed by atoms with van der Waals surface area (Å²) in [7, 11) is 1.37. The Morgan fingerprint density at radius 3 is 2.91 bits per heavy atom. The van der Waals surface area contributed by atoms with Gasteiger partial charge in [-0.15, -0.1) is 11.8 Å². The summed E-state index contributed by atoms with van der Waals surface area (Å²) in [6.07, 6.45) is 2.98. The van der Waals surface area contributed by atoms with Gasteiger partial charge >= 0.3 is 5.97 Å². The molecule has 1 aromatic carbocycles. The molecule has 6 heteroatoms. The molecule has 1 aromatic heterocycles. The minimum atomic E-state index is -0.576. The Balaban J connectivity index is 1.97. The quantitative estimate of drug-likeness (QED) is 0.873. The van der Waals surface area contributed by atoms with E-state index < -0.39 is 6.23 Å². The van der Waals surface area contributed by atoms with Crippen molar-refractivity contribution in [3.05, 3.63) is 59.4 Å². The first-order valence-electron chi connectivity index (χ1n) is 7.28. The van der Waals surface area contributed by atoms with E-state index in [1.54, 1.807) is 30.1 Å². The maximum atomic E-state index is 11.7. The molecule has 5 nitrogen and oxygen atoms in total. The summed E-state index contributed by atoms with van der Waals surface area (Å²) in [5.41, 5.74) is 3.38. The van der Waals surface area contributed by atoms with E-state index in [1.807, 2.05) is 36.2 Å². The van der Waals surface area contributed by atoms with Gasteiger partial charge < -0.3 is 14.7 Å². The average molecular weight is 330 g/mol. The zero-order chi connectivity index (χ0) is 16.4. The maximum Gasteiger partial charge on any atom is 0.337 e. The van der Waals surface area contributed by atoms with Gasteiger partial charge in [-0.25, -0.2) is 4.79 Å². The van der Waals surface area contributed by atoms with Gasteiger partial charge in [-0.2, -0.15) is 0 Å². The van der Waals surface area contributed by atoms with Crippen molar-refractivity contribution in [1.29, 1.82) is 0 Å². The number of benzene rings is 1. The lowest BCUT2D eigenvalue weighted by Crippen LogP contribution is -2.33. The summed E-state index contributed by atoms with van der Waals surface area (Å²) in [4.78, 5) is 17.8. The van der Waals surface area contributed by atoms with Crippen LogP contribution in [0.5, 0.6) is 0 Å². The Morgan fingerprint density at radius 1 is 1.43 bits per heavy atom. The molecule has 3 rings (SSSR count). The van der Waals surface area contributed by atoms with Gasteiger partial charge in [0.25, 0.3) is 0 Å². The highest BCUT2D eigenvalue weighted by Crippen LogP contribution is 2.44. The summed E-state index contributed by atoms with van der Waals surface area (Å²) in [6, 6.07) is 9.28. The van der Waals surface area contributed by atoms with Crippen molar-refractivity contribution in [2.24, 2.45) is 0 Å². The maximum absolute atomic E-state index is 11.7. The number of carbonyl (C=O) groups excluding carboxylic acids is 1. The Bertz CT molecular complexity index is 708. The highest BCUT2D eigenvalue weighted by atomic mass is 32.2. The van der Waals surface area contributed by atoms with Crippen LogP contribution in [0.15, 0.2) is 42.7 Å². The highest BCUT2D eigenvalue weighted by molar-refractivity contribution is 7.99. The number of rotatable bonds is 3. The number of aliphatic hydroxyl groups excluding tert-OH is 1. The molecule has 1 aliphatic rings. The Morgan fingerprint density at radius 2 is 2.26 bits per heavy atom. The predicted octanol–water partition coefficient (Wildman–Crippen LogP) is 2.75. The van der Waals surface area contributed by atoms with Gasteiger partial charge in [-0.05, 0) is 36.8 Å². The Labute approximate surface area is 139 Å². The minimum Gasteiger partial charge on any atom is -0.465 e. The van der Waals surface area contributed by atoms with E-state index in [9.17, 15) is 9.90 Å². The van der Waals surface area contributed by atoms with Crippen molar-refractivity contribution in [2.75, 3.05) is 17.8 Å². The van der Waals surface area contributed by atoms with Crippen molar-refractivity contribution >= 4 is 23.4 Å². The van der Waals surface area contributed by atoms with Crippen LogP contribution < -0.4 is 4.90 Å². The molecule has 120 valence electrons. The lowest BCUT2D eigenvalue weighted by atomic mass is 10.1. The number of anilines is 1. The first kappa shape index (κ1) is 15.8. The Kier molecular flexibility index (Phi) is 4.54. The van der Waals surface area contributed by atoms with Gasteiger partial charge in [-0.3, -0.25) is 4.98 Å². The normalized spacial score (nSPS) is 20.6. The molecule has 1 fully saturated rings. The minimum absolute atomic E-state index is 0.00127. The molecular formula is C17H18N2O3S. The third-order valence-corrected chi connectivity index (χ3v) is 5.15. The van der Waals surface area contributed by atoms with Crippen LogP contribution >= 0.6 is 11.8 Å². The van der Waals surface area contributed by atoms with E-state index in [4.69, 9.17) is 4.74 Å². The first-order chi connectivity index (χ1) is 11.1. The highest BCUT2D eigenvalue weighted by Gasteiger charge is 2.35. The van der Waals surface area contributed by atoms with Crippen LogP contribution in [0, 0.1) is 6.92 Å². The van der Waals surface area contributed by atoms with Crippen LogP contribution in [0.2, 0.25) is 0 Å². The molecule has 0 radical (unpaired) electrons. The number of aryl methyl sites for hydroxylation is 1. The summed E-state index contributed by atoms with van der Waals surface area (Å²) < 4.78 is 4.75. The summed E-state index contributed by atoms with van der Waals surface area (Å²) in [6.45, 7) is 1.93. The molecule has 23 heavy (non-hydrogen) atoms. The molecule has 1 saturated heterocycles. The van der Waals surface area contributed by atoms with Crippen LogP contribution in [0.1, 0.15) is 26.9 Å². The number of ether oxygens (including phenoxy) is 1. The molecule has 0 bridgehead atoms. The van der Waals surface area contributed by atoms with Gasteiger partial charge in [0.2, 0.25) is 0 Å². The van der Waals surface area contributed by atoms with Gasteiger partial charge in [0.15, 0.2) is 0 Å². The SMILES string of the molecule is COC(=O)c1ccc(N2C(O)CSC2c2cccnc2)c(C)c1. The van der Waals surface area contributed by atoms with E-state index in [-0.39, 0.29) is 11.3 Å². The second-order valence-corrected chi connectivity index (χ2v) is 6.47. The molecule has 1 aliphatic heterocycles. The third-order valence-electron chi connectivity index (χ3n) is 3.84. The molecule has 1 N–H and O–H groups in total. The van der Waals surface area contributed by atoms with E-state index in [2.05, 4.69) is 4.98 Å². The predicted molar refractivity (Wildman–Crippen MR) is 90.4 cm³/mol. The number of thioether (sulfide) groups is 1. The van der Waals surface area contributed by atoms with E-state index in [1.165, 1.54) is 7.11 Å². The molecular weight excluding hydrogens is 312 g/mol. The molecule has 2 aromatic rings. The van der Waals surface area contributed by atoms with E-state index >= 15 is 0 Å². The molecule has 2 heterocycles. The number of aliphatic hydroxyl groups is 1. The number of methoxy groups -OCH3 is 1. The van der Waals surface area contributed by atoms with Crippen molar-refractivity contribution < 1.29 is 14.6 Å². The zero-order valence-corrected chi connectivity index (χ0v) is 13.8. The first-order valence-corrected chi connectivity index (χ1v) is 8.33. The summed E-state index contributed by atoms with van der Waals surface area (Å²) >= 11 is 1.67. The smallest absolute Gasteiger partial charge is 0.337 e. The van der Waals surface area contributed by atoms with Gasteiger partial charge in [0, 0.05) is 29.4 Å². The number of pyridine rings is 1. The summed E-state index contributed by atoms with van der Waals surface area (Å²) in [5, 5.41) is 10.4. The largest absolute Gasteiger partial charge is 0.465 e. The molecule has 0 saturated carbocycles. The van der Waals surface area contributed by atoms with Crippen LogP contribution in [0.4, 0.5) is 5.69 Å². The zero-order valence-electron chi connectivity index (χ0n) is 13.0. The fourth-order valence-electron chi connectivity index (χ4n) is 2.75. The van der Waals surface area contributed by atoms with Gasteiger partial charge in [-0.1, -0.05) is 6.07 Å². The fourth-order valence-corrected chi connectivity index (χ4v) is 4.01. The van der Waals surface area contributed by atoms with Crippen LogP contribution in [-0.4, -0.2) is 35.2 Å². The van der Waals surface area contributed by atoms with Crippen molar-refractivity contribution in [1.82, 2.24) is 4.98 Å².